The van der Waals surface area contributed by atoms with Crippen molar-refractivity contribution in [2.24, 2.45) is 11.8 Å². The lowest BCUT2D eigenvalue weighted by molar-refractivity contribution is -0.136. The lowest BCUT2D eigenvalue weighted by Crippen LogP contribution is -2.14. The first-order valence-electron chi connectivity index (χ1n) is 6.88. The van der Waals surface area contributed by atoms with Crippen molar-refractivity contribution < 1.29 is 9.53 Å². The summed E-state index contributed by atoms with van der Waals surface area (Å²) in [7, 11) is 1.45. The van der Waals surface area contributed by atoms with Crippen molar-refractivity contribution >= 4 is 5.97 Å². The van der Waals surface area contributed by atoms with Crippen molar-refractivity contribution in [2.45, 2.75) is 13.8 Å². The molecular formula is C18H18O2. The molecule has 2 unspecified atom stereocenters. The lowest BCUT2D eigenvalue weighted by Gasteiger charge is -2.17. The van der Waals surface area contributed by atoms with Crippen LogP contribution in [0.15, 0.2) is 70.4 Å². The highest BCUT2D eigenvalue weighted by Gasteiger charge is 2.44. The van der Waals surface area contributed by atoms with Crippen molar-refractivity contribution in [3.8, 4) is 0 Å². The van der Waals surface area contributed by atoms with Gasteiger partial charge < -0.3 is 4.74 Å². The van der Waals surface area contributed by atoms with E-state index in [0.717, 1.165) is 11.1 Å². The Bertz CT molecular complexity index is 647. The van der Waals surface area contributed by atoms with E-state index in [1.165, 1.54) is 23.8 Å². The average molecular weight is 266 g/mol. The molecule has 0 amide bonds. The molecule has 0 saturated heterocycles. The molecule has 102 valence electrons. The van der Waals surface area contributed by atoms with Crippen LogP contribution in [0, 0.1) is 11.8 Å². The fourth-order valence-electron chi connectivity index (χ4n) is 3.33. The Labute approximate surface area is 119 Å². The summed E-state index contributed by atoms with van der Waals surface area (Å²) in [5.74, 6) is 0.158. The molecule has 0 aromatic carbocycles. The number of hydrogen-bond donors (Lipinski definition) is 0. The maximum atomic E-state index is 12.2. The molecule has 0 fully saturated rings. The minimum absolute atomic E-state index is 0.116. The van der Waals surface area contributed by atoms with Gasteiger partial charge in [-0.1, -0.05) is 48.1 Å². The Morgan fingerprint density at radius 1 is 1.15 bits per heavy atom. The van der Waals surface area contributed by atoms with Gasteiger partial charge in [0.15, 0.2) is 0 Å². The van der Waals surface area contributed by atoms with Crippen LogP contribution in [0.25, 0.3) is 0 Å². The monoisotopic (exact) mass is 266 g/mol. The van der Waals surface area contributed by atoms with Gasteiger partial charge in [0.2, 0.25) is 0 Å². The van der Waals surface area contributed by atoms with Gasteiger partial charge in [0, 0.05) is 11.8 Å². The predicted molar refractivity (Wildman–Crippen MR) is 79.9 cm³/mol. The van der Waals surface area contributed by atoms with Gasteiger partial charge in [0.1, 0.15) is 0 Å². The summed E-state index contributed by atoms with van der Waals surface area (Å²) in [4.78, 5) is 12.2. The normalized spacial score (nSPS) is 26.4. The lowest BCUT2D eigenvalue weighted by atomic mass is 9.86. The van der Waals surface area contributed by atoms with E-state index in [0.29, 0.717) is 0 Å². The molecule has 0 radical (unpaired) electrons. The van der Waals surface area contributed by atoms with E-state index in [4.69, 9.17) is 4.74 Å². The summed E-state index contributed by atoms with van der Waals surface area (Å²) < 4.78 is 5.00. The number of allylic oxidation sites excluding steroid dienone is 11. The minimum Gasteiger partial charge on any atom is -0.466 e. The van der Waals surface area contributed by atoms with Crippen LogP contribution in [0.2, 0.25) is 0 Å². The Balaban J connectivity index is 2.20. The average Bonchev–Trinajstić information content (AvgIpc) is 2.88. The van der Waals surface area contributed by atoms with Crippen molar-refractivity contribution in [1.29, 1.82) is 0 Å². The van der Waals surface area contributed by atoms with E-state index in [2.05, 4.69) is 32.1 Å². The van der Waals surface area contributed by atoms with Gasteiger partial charge >= 0.3 is 5.97 Å². The van der Waals surface area contributed by atoms with Gasteiger partial charge in [-0.25, -0.2) is 4.79 Å². The molecule has 0 heterocycles. The smallest absolute Gasteiger partial charge is 0.334 e. The topological polar surface area (TPSA) is 26.3 Å². The fraction of sp³-hybridized carbons (Fsp3) is 0.278. The van der Waals surface area contributed by atoms with Crippen molar-refractivity contribution in [3.63, 3.8) is 0 Å². The zero-order valence-electron chi connectivity index (χ0n) is 12.0. The molecule has 0 N–H and O–H groups in total. The first-order chi connectivity index (χ1) is 9.65. The van der Waals surface area contributed by atoms with Crippen LogP contribution in [-0.2, 0) is 9.53 Å². The molecule has 3 aliphatic rings. The summed E-state index contributed by atoms with van der Waals surface area (Å²) in [5.41, 5.74) is 5.66. The molecule has 3 rings (SSSR count). The molecule has 20 heavy (non-hydrogen) atoms. The minimum atomic E-state index is -0.218. The summed E-state index contributed by atoms with van der Waals surface area (Å²) in [6, 6.07) is 0. The quantitative estimate of drug-likeness (QED) is 0.677. The van der Waals surface area contributed by atoms with E-state index in [-0.39, 0.29) is 17.8 Å². The number of rotatable bonds is 1. The molecule has 0 aliphatic heterocycles. The Morgan fingerprint density at radius 3 is 2.65 bits per heavy atom. The fourth-order valence-corrected chi connectivity index (χ4v) is 3.33. The third-order valence-electron chi connectivity index (χ3n) is 4.19. The number of methoxy groups -OCH3 is 1. The number of hydrogen-bond acceptors (Lipinski definition) is 2. The van der Waals surface area contributed by atoms with Crippen molar-refractivity contribution in [2.75, 3.05) is 7.11 Å². The molecule has 2 atom stereocenters. The van der Waals surface area contributed by atoms with Gasteiger partial charge in [-0.05, 0) is 30.6 Å². The first kappa shape index (κ1) is 12.9. The van der Waals surface area contributed by atoms with E-state index in [1.807, 2.05) is 24.3 Å². The molecule has 0 bridgehead atoms. The van der Waals surface area contributed by atoms with Crippen molar-refractivity contribution in [3.05, 3.63) is 70.4 Å². The van der Waals surface area contributed by atoms with E-state index in [1.54, 1.807) is 0 Å². The van der Waals surface area contributed by atoms with E-state index in [9.17, 15) is 4.79 Å². The summed E-state index contributed by atoms with van der Waals surface area (Å²) >= 11 is 0. The molecule has 0 aromatic heterocycles. The molecule has 0 saturated carbocycles. The van der Waals surface area contributed by atoms with Crippen LogP contribution < -0.4 is 0 Å². The molecule has 0 spiro atoms. The highest BCUT2D eigenvalue weighted by atomic mass is 16.5. The summed E-state index contributed by atoms with van der Waals surface area (Å²) in [5, 5.41) is 0. The zero-order valence-corrected chi connectivity index (χ0v) is 12.0. The summed E-state index contributed by atoms with van der Waals surface area (Å²) in [6.07, 6.45) is 14.5. The zero-order chi connectivity index (χ0) is 14.3. The third-order valence-corrected chi connectivity index (χ3v) is 4.19. The van der Waals surface area contributed by atoms with Gasteiger partial charge in [-0.15, -0.1) is 0 Å². The number of ether oxygens (including phenoxy) is 1. The molecular weight excluding hydrogens is 248 g/mol. The number of fused-ring (bicyclic) bond motifs is 3. The van der Waals surface area contributed by atoms with Crippen LogP contribution in [0.1, 0.15) is 13.8 Å². The molecule has 2 nitrogen and oxygen atoms in total. The van der Waals surface area contributed by atoms with E-state index < -0.39 is 0 Å². The SMILES string of the molecule is COC(=O)C1=C2C=CC=CC=C2C2C(=C(C)C)C=CC12. The van der Waals surface area contributed by atoms with E-state index >= 15 is 0 Å². The Hall–Kier alpha value is -2.09. The van der Waals surface area contributed by atoms with Crippen LogP contribution in [0.4, 0.5) is 0 Å². The second-order valence-corrected chi connectivity index (χ2v) is 5.50. The van der Waals surface area contributed by atoms with Gasteiger partial charge in [-0.2, -0.15) is 0 Å². The van der Waals surface area contributed by atoms with Crippen LogP contribution >= 0.6 is 0 Å². The van der Waals surface area contributed by atoms with Gasteiger partial charge in [0.05, 0.1) is 12.7 Å². The Morgan fingerprint density at radius 2 is 1.95 bits per heavy atom. The highest BCUT2D eigenvalue weighted by Crippen LogP contribution is 2.51. The maximum absolute atomic E-state index is 12.2. The second-order valence-electron chi connectivity index (χ2n) is 5.50. The summed E-state index contributed by atoms with van der Waals surface area (Å²) in [6.45, 7) is 4.25. The largest absolute Gasteiger partial charge is 0.466 e. The van der Waals surface area contributed by atoms with Gasteiger partial charge in [0.25, 0.3) is 0 Å². The molecule has 3 aliphatic carbocycles. The first-order valence-corrected chi connectivity index (χ1v) is 6.88. The van der Waals surface area contributed by atoms with Crippen LogP contribution in [-0.4, -0.2) is 13.1 Å². The highest BCUT2D eigenvalue weighted by molar-refractivity contribution is 5.94. The van der Waals surface area contributed by atoms with Crippen molar-refractivity contribution in [1.82, 2.24) is 0 Å². The maximum Gasteiger partial charge on any atom is 0.334 e. The standard InChI is InChI=1S/C18H18O2/c1-11(2)12-9-10-15-16(12)13-7-5-4-6-8-14(13)17(15)18(19)20-3/h4-10,15-16H,1-3H3. The number of esters is 1. The number of carbonyl (C=O) groups excluding carboxylic acids is 1. The number of carbonyl (C=O) groups is 1. The predicted octanol–water partition coefficient (Wildman–Crippen LogP) is 3.66. The molecule has 2 heteroatoms. The Kier molecular flexibility index (Phi) is 3.09. The third kappa shape index (κ3) is 1.75. The van der Waals surface area contributed by atoms with Crippen LogP contribution in [0.3, 0.4) is 0 Å². The van der Waals surface area contributed by atoms with Crippen LogP contribution in [0.5, 0.6) is 0 Å². The molecule has 0 aromatic rings. The van der Waals surface area contributed by atoms with Gasteiger partial charge in [-0.3, -0.25) is 0 Å². The second kappa shape index (κ2) is 4.78.